The lowest BCUT2D eigenvalue weighted by Gasteiger charge is -2.49. The van der Waals surface area contributed by atoms with Crippen LogP contribution in [0.4, 0.5) is 10.1 Å². The predicted octanol–water partition coefficient (Wildman–Crippen LogP) is 5.10. The highest BCUT2D eigenvalue weighted by molar-refractivity contribution is 5.82. The van der Waals surface area contributed by atoms with Crippen LogP contribution >= 0.6 is 0 Å². The molecule has 0 unspecified atom stereocenters. The normalized spacial score (nSPS) is 21.6. The predicted molar refractivity (Wildman–Crippen MR) is 129 cm³/mol. The van der Waals surface area contributed by atoms with Crippen molar-refractivity contribution in [2.45, 2.75) is 52.1 Å². The zero-order valence-electron chi connectivity index (χ0n) is 20.0. The molecule has 0 amide bonds. The molecule has 33 heavy (non-hydrogen) atoms. The topological polar surface area (TPSA) is 57.5 Å². The van der Waals surface area contributed by atoms with E-state index in [0.29, 0.717) is 23.5 Å². The maximum atomic E-state index is 13.9. The van der Waals surface area contributed by atoms with Crippen LogP contribution in [0.5, 0.6) is 11.5 Å². The molecule has 7 heteroatoms. The summed E-state index contributed by atoms with van der Waals surface area (Å²) < 4.78 is 24.9. The highest BCUT2D eigenvalue weighted by atomic mass is 19.1. The van der Waals surface area contributed by atoms with Gasteiger partial charge >= 0.3 is 0 Å². The molecule has 6 nitrogen and oxygen atoms in total. The molecule has 2 aromatic rings. The third-order valence-electron chi connectivity index (χ3n) is 7.19. The molecule has 0 bridgehead atoms. The van der Waals surface area contributed by atoms with Gasteiger partial charge in [-0.25, -0.2) is 4.39 Å². The van der Waals surface area contributed by atoms with Gasteiger partial charge in [0.2, 0.25) is 0 Å². The van der Waals surface area contributed by atoms with E-state index in [9.17, 15) is 4.39 Å². The first-order valence-corrected chi connectivity index (χ1v) is 11.7. The van der Waals surface area contributed by atoms with Crippen LogP contribution in [0.3, 0.4) is 0 Å². The monoisotopic (exact) mass is 455 g/mol. The van der Waals surface area contributed by atoms with Gasteiger partial charge in [0.05, 0.1) is 12.8 Å². The smallest absolute Gasteiger partial charge is 0.165 e. The van der Waals surface area contributed by atoms with E-state index < -0.39 is 0 Å². The summed E-state index contributed by atoms with van der Waals surface area (Å²) in [6.45, 7) is 9.09. The fourth-order valence-electron chi connectivity index (χ4n) is 5.21. The average Bonchev–Trinajstić information content (AvgIpc) is 2.84. The van der Waals surface area contributed by atoms with Gasteiger partial charge in [-0.2, -0.15) is 0 Å². The van der Waals surface area contributed by atoms with Crippen LogP contribution in [0.2, 0.25) is 0 Å². The summed E-state index contributed by atoms with van der Waals surface area (Å²) in [6, 6.07) is 10.3. The molecule has 2 aliphatic heterocycles. The zero-order valence-corrected chi connectivity index (χ0v) is 20.0. The van der Waals surface area contributed by atoms with Crippen molar-refractivity contribution in [1.82, 2.24) is 4.90 Å². The van der Waals surface area contributed by atoms with E-state index >= 15 is 0 Å². The summed E-state index contributed by atoms with van der Waals surface area (Å²) >= 11 is 0. The Bertz CT molecular complexity index is 1030. The van der Waals surface area contributed by atoms with Crippen molar-refractivity contribution in [3.63, 3.8) is 0 Å². The minimum Gasteiger partial charge on any atom is -0.494 e. The number of halogens is 1. The van der Waals surface area contributed by atoms with Gasteiger partial charge in [-0.05, 0) is 74.9 Å². The lowest BCUT2D eigenvalue weighted by Crippen LogP contribution is -2.56. The standard InChI is InChI=1S/C26H34FN3O3/c1-17(28-31)16-33-25-11-9-22(18(2)19(25)3)24-7-5-6-21-15-29(12-13-30(21)24)20-8-10-23(27)26(14-20)32-4/h8-11,14,21,24,31H,5-7,12-13,15-16H2,1-4H3/b28-17-/t21-,24+/m0/s1. The zero-order chi connectivity index (χ0) is 23.5. The Kier molecular flexibility index (Phi) is 7.08. The van der Waals surface area contributed by atoms with E-state index in [4.69, 9.17) is 14.7 Å². The number of hydrogen-bond acceptors (Lipinski definition) is 6. The molecule has 178 valence electrons. The van der Waals surface area contributed by atoms with Crippen molar-refractivity contribution < 1.29 is 19.1 Å². The first-order chi connectivity index (χ1) is 15.9. The summed E-state index contributed by atoms with van der Waals surface area (Å²) in [5.41, 5.74) is 5.34. The highest BCUT2D eigenvalue weighted by Gasteiger charge is 2.36. The van der Waals surface area contributed by atoms with E-state index in [2.05, 4.69) is 34.9 Å². The fourth-order valence-corrected chi connectivity index (χ4v) is 5.21. The second-order valence-electron chi connectivity index (χ2n) is 9.13. The lowest BCUT2D eigenvalue weighted by atomic mass is 9.86. The molecule has 2 aliphatic rings. The first kappa shape index (κ1) is 23.4. The Morgan fingerprint density at radius 2 is 1.94 bits per heavy atom. The van der Waals surface area contributed by atoms with Gasteiger partial charge in [-0.15, -0.1) is 0 Å². The van der Waals surface area contributed by atoms with Gasteiger partial charge in [0.15, 0.2) is 11.6 Å². The van der Waals surface area contributed by atoms with Gasteiger partial charge in [-0.3, -0.25) is 4.90 Å². The molecular weight excluding hydrogens is 421 g/mol. The van der Waals surface area contributed by atoms with Crippen molar-refractivity contribution in [2.24, 2.45) is 5.16 Å². The van der Waals surface area contributed by atoms with Gasteiger partial charge in [-0.1, -0.05) is 11.2 Å². The molecule has 4 rings (SSSR count). The molecule has 0 saturated carbocycles. The number of ether oxygens (including phenoxy) is 2. The van der Waals surface area contributed by atoms with E-state index in [1.165, 1.54) is 37.1 Å². The SMILES string of the molecule is COc1cc(N2CCN3[C@@H](CCC[C@@H]3c3ccc(OC/C(C)=N\O)c(C)c3C)C2)ccc1F. The molecule has 1 N–H and O–H groups in total. The summed E-state index contributed by atoms with van der Waals surface area (Å²) in [5.74, 6) is 0.807. The largest absolute Gasteiger partial charge is 0.494 e. The number of nitrogens with zero attached hydrogens (tertiary/aromatic N) is 3. The van der Waals surface area contributed by atoms with Crippen LogP contribution in [0.25, 0.3) is 0 Å². The minimum atomic E-state index is -0.324. The third-order valence-corrected chi connectivity index (χ3v) is 7.19. The molecule has 0 spiro atoms. The molecule has 0 radical (unpaired) electrons. The maximum Gasteiger partial charge on any atom is 0.165 e. The molecule has 2 saturated heterocycles. The Labute approximate surface area is 195 Å². The molecule has 0 aliphatic carbocycles. The van der Waals surface area contributed by atoms with Crippen molar-refractivity contribution in [3.8, 4) is 11.5 Å². The number of anilines is 1. The number of methoxy groups -OCH3 is 1. The fraction of sp³-hybridized carbons (Fsp3) is 0.500. The second kappa shape index (κ2) is 10.00. The molecule has 2 aromatic carbocycles. The average molecular weight is 456 g/mol. The Balaban J connectivity index is 1.51. The van der Waals surface area contributed by atoms with Crippen LogP contribution in [0.1, 0.15) is 48.9 Å². The van der Waals surface area contributed by atoms with Crippen molar-refractivity contribution in [3.05, 3.63) is 52.8 Å². The lowest BCUT2D eigenvalue weighted by molar-refractivity contribution is 0.0712. The van der Waals surface area contributed by atoms with Gasteiger partial charge in [0.1, 0.15) is 12.4 Å². The number of piperazine rings is 1. The van der Waals surface area contributed by atoms with E-state index in [0.717, 1.165) is 43.1 Å². The van der Waals surface area contributed by atoms with Crippen LogP contribution in [0, 0.1) is 19.7 Å². The van der Waals surface area contributed by atoms with Crippen LogP contribution < -0.4 is 14.4 Å². The number of oxime groups is 1. The number of rotatable bonds is 6. The van der Waals surface area contributed by atoms with Crippen LogP contribution in [-0.4, -0.2) is 55.2 Å². The van der Waals surface area contributed by atoms with Crippen molar-refractivity contribution >= 4 is 11.4 Å². The first-order valence-electron chi connectivity index (χ1n) is 11.7. The van der Waals surface area contributed by atoms with Gasteiger partial charge in [0, 0.05) is 43.5 Å². The second-order valence-corrected chi connectivity index (χ2v) is 9.13. The summed E-state index contributed by atoms with van der Waals surface area (Å²) in [5, 5.41) is 12.1. The van der Waals surface area contributed by atoms with Crippen LogP contribution in [-0.2, 0) is 0 Å². The van der Waals surface area contributed by atoms with E-state index in [1.54, 1.807) is 13.0 Å². The highest BCUT2D eigenvalue weighted by Crippen LogP contribution is 2.40. The Morgan fingerprint density at radius 1 is 1.12 bits per heavy atom. The summed E-state index contributed by atoms with van der Waals surface area (Å²) in [4.78, 5) is 5.01. The Morgan fingerprint density at radius 3 is 2.70 bits per heavy atom. The van der Waals surface area contributed by atoms with Gasteiger partial charge < -0.3 is 19.6 Å². The molecule has 2 heterocycles. The quantitative estimate of drug-likeness (QED) is 0.373. The minimum absolute atomic E-state index is 0.276. The van der Waals surface area contributed by atoms with E-state index in [1.807, 2.05) is 12.1 Å². The summed E-state index contributed by atoms with van der Waals surface area (Å²) in [6.07, 6.45) is 3.51. The van der Waals surface area contributed by atoms with E-state index in [-0.39, 0.29) is 12.4 Å². The molecular formula is C26H34FN3O3. The van der Waals surface area contributed by atoms with Gasteiger partial charge in [0.25, 0.3) is 0 Å². The number of piperidine rings is 1. The van der Waals surface area contributed by atoms with Crippen LogP contribution in [0.15, 0.2) is 35.5 Å². The van der Waals surface area contributed by atoms with Crippen molar-refractivity contribution in [2.75, 3.05) is 38.3 Å². The Hall–Kier alpha value is -2.80. The molecule has 2 atom stereocenters. The third kappa shape index (κ3) is 4.78. The molecule has 2 fully saturated rings. The number of benzene rings is 2. The number of fused-ring (bicyclic) bond motifs is 1. The number of hydrogen-bond donors (Lipinski definition) is 1. The summed E-state index contributed by atoms with van der Waals surface area (Å²) in [7, 11) is 1.51. The van der Waals surface area contributed by atoms with Crippen molar-refractivity contribution in [1.29, 1.82) is 0 Å². The molecule has 0 aromatic heterocycles. The maximum absolute atomic E-state index is 13.9.